The van der Waals surface area contributed by atoms with Crippen molar-refractivity contribution in [1.82, 2.24) is 0 Å². The van der Waals surface area contributed by atoms with Crippen molar-refractivity contribution < 1.29 is 9.53 Å². The molecule has 3 aliphatic carbocycles. The van der Waals surface area contributed by atoms with Gasteiger partial charge in [-0.25, -0.2) is 0 Å². The monoisotopic (exact) mass is 330 g/mol. The summed E-state index contributed by atoms with van der Waals surface area (Å²) < 4.78 is 5.91. The third-order valence-corrected chi connectivity index (χ3v) is 7.75. The number of carbonyl (C=O) groups excluding carboxylic acids is 1. The normalized spacial score (nSPS) is 43.9. The number of allylic oxidation sites excluding steroid dienone is 3. The highest BCUT2D eigenvalue weighted by atomic mass is 16.5. The Bertz CT molecular complexity index is 558. The molecule has 2 nitrogen and oxygen atoms in total. The summed E-state index contributed by atoms with van der Waals surface area (Å²) in [5, 5.41) is 0. The van der Waals surface area contributed by atoms with Crippen LogP contribution in [-0.2, 0) is 9.53 Å². The molecule has 2 saturated carbocycles. The number of rotatable bonds is 2. The van der Waals surface area contributed by atoms with E-state index in [9.17, 15) is 4.79 Å². The smallest absolute Gasteiger partial charge is 0.302 e. The van der Waals surface area contributed by atoms with Crippen LogP contribution in [0.15, 0.2) is 24.3 Å². The summed E-state index contributed by atoms with van der Waals surface area (Å²) in [5.41, 5.74) is 2.04. The number of hydrogen-bond donors (Lipinski definition) is 0. The van der Waals surface area contributed by atoms with E-state index in [0.29, 0.717) is 34.5 Å². The molecule has 0 aromatic carbocycles. The Labute approximate surface area is 147 Å². The first kappa shape index (κ1) is 17.8. The van der Waals surface area contributed by atoms with E-state index >= 15 is 0 Å². The lowest BCUT2D eigenvalue weighted by Crippen LogP contribution is -2.58. The largest absolute Gasteiger partial charge is 0.462 e. The molecule has 6 atom stereocenters. The molecule has 0 aromatic rings. The van der Waals surface area contributed by atoms with Crippen LogP contribution in [0.1, 0.15) is 66.7 Å². The fourth-order valence-corrected chi connectivity index (χ4v) is 6.66. The highest BCUT2D eigenvalue weighted by Gasteiger charge is 2.59. The van der Waals surface area contributed by atoms with Crippen molar-refractivity contribution in [2.75, 3.05) is 0 Å². The molecular formula is C22H34O2. The quantitative estimate of drug-likeness (QED) is 0.621. The molecule has 3 aliphatic rings. The molecule has 134 valence electrons. The summed E-state index contributed by atoms with van der Waals surface area (Å²) in [7, 11) is 0. The first-order valence-electron chi connectivity index (χ1n) is 9.70. The maximum atomic E-state index is 11.8. The van der Waals surface area contributed by atoms with Crippen LogP contribution >= 0.6 is 0 Å². The van der Waals surface area contributed by atoms with Crippen molar-refractivity contribution in [3.63, 3.8) is 0 Å². The highest BCUT2D eigenvalue weighted by molar-refractivity contribution is 5.66. The Morgan fingerprint density at radius 2 is 2.04 bits per heavy atom. The van der Waals surface area contributed by atoms with Crippen LogP contribution in [-0.4, -0.2) is 12.1 Å². The zero-order valence-electron chi connectivity index (χ0n) is 16.1. The molecule has 0 heterocycles. The van der Waals surface area contributed by atoms with Crippen molar-refractivity contribution in [3.05, 3.63) is 24.3 Å². The Morgan fingerprint density at radius 3 is 2.67 bits per heavy atom. The Morgan fingerprint density at radius 1 is 1.33 bits per heavy atom. The third kappa shape index (κ3) is 2.66. The van der Waals surface area contributed by atoms with Gasteiger partial charge in [0.15, 0.2) is 0 Å². The number of ether oxygens (including phenoxy) is 1. The first-order valence-corrected chi connectivity index (χ1v) is 9.70. The fourth-order valence-electron chi connectivity index (χ4n) is 6.66. The van der Waals surface area contributed by atoms with Crippen molar-refractivity contribution in [2.24, 2.45) is 34.5 Å². The predicted molar refractivity (Wildman–Crippen MR) is 98.4 cm³/mol. The van der Waals surface area contributed by atoms with Crippen molar-refractivity contribution in [3.8, 4) is 0 Å². The van der Waals surface area contributed by atoms with Gasteiger partial charge in [0.2, 0.25) is 0 Å². The molecule has 0 amide bonds. The van der Waals surface area contributed by atoms with Crippen LogP contribution in [0.2, 0.25) is 0 Å². The van der Waals surface area contributed by atoms with E-state index in [1.807, 2.05) is 6.08 Å². The second-order valence-corrected chi connectivity index (χ2v) is 9.40. The lowest BCUT2D eigenvalue weighted by Gasteiger charge is -2.62. The molecule has 0 unspecified atom stereocenters. The van der Waals surface area contributed by atoms with Gasteiger partial charge < -0.3 is 4.74 Å². The molecule has 0 bridgehead atoms. The van der Waals surface area contributed by atoms with Gasteiger partial charge in [0.25, 0.3) is 0 Å². The molecule has 0 aromatic heterocycles. The zero-order chi connectivity index (χ0) is 17.7. The fraction of sp³-hybridized carbons (Fsp3) is 0.773. The second-order valence-electron chi connectivity index (χ2n) is 9.40. The first-order chi connectivity index (χ1) is 11.2. The molecule has 24 heavy (non-hydrogen) atoms. The van der Waals surface area contributed by atoms with Gasteiger partial charge in [-0.3, -0.25) is 4.79 Å². The van der Waals surface area contributed by atoms with Gasteiger partial charge in [0.05, 0.1) is 0 Å². The van der Waals surface area contributed by atoms with Crippen LogP contribution in [0.5, 0.6) is 0 Å². The Kier molecular flexibility index (Phi) is 4.47. The van der Waals surface area contributed by atoms with Gasteiger partial charge in [-0.1, -0.05) is 52.8 Å². The number of esters is 1. The minimum atomic E-state index is -0.127. The molecule has 2 fully saturated rings. The standard InChI is InChI=1S/C22H34O2/c1-7-16-9-10-17-20(14(16)2)18(24-15(3)23)13-19-21(4,5)11-8-12-22(17,19)6/h7,9,14,17-20H,1,8,10-13H2,2-6H3/t14-,17-,18-,19-,20-,22+/m0/s1. The molecule has 3 rings (SSSR count). The molecule has 0 radical (unpaired) electrons. The van der Waals surface area contributed by atoms with Crippen molar-refractivity contribution in [1.29, 1.82) is 0 Å². The molecule has 0 spiro atoms. The Balaban J connectivity index is 2.04. The van der Waals surface area contributed by atoms with Crippen molar-refractivity contribution >= 4 is 5.97 Å². The van der Waals surface area contributed by atoms with Crippen LogP contribution in [0.4, 0.5) is 0 Å². The van der Waals surface area contributed by atoms with Crippen molar-refractivity contribution in [2.45, 2.75) is 72.8 Å². The predicted octanol–water partition coefficient (Wildman–Crippen LogP) is 5.54. The van der Waals surface area contributed by atoms with E-state index < -0.39 is 0 Å². The van der Waals surface area contributed by atoms with Gasteiger partial charge >= 0.3 is 5.97 Å². The van der Waals surface area contributed by atoms with E-state index in [0.717, 1.165) is 12.8 Å². The van der Waals surface area contributed by atoms with Gasteiger partial charge in [-0.15, -0.1) is 0 Å². The summed E-state index contributed by atoms with van der Waals surface area (Å²) >= 11 is 0. The topological polar surface area (TPSA) is 26.3 Å². The second kappa shape index (κ2) is 6.04. The number of hydrogen-bond acceptors (Lipinski definition) is 2. The molecule has 0 saturated heterocycles. The zero-order valence-corrected chi connectivity index (χ0v) is 16.1. The number of fused-ring (bicyclic) bond motifs is 3. The van der Waals surface area contributed by atoms with E-state index in [4.69, 9.17) is 4.74 Å². The van der Waals surface area contributed by atoms with E-state index in [2.05, 4.69) is 40.3 Å². The van der Waals surface area contributed by atoms with E-state index in [1.165, 1.54) is 24.8 Å². The lowest BCUT2D eigenvalue weighted by atomic mass is 9.43. The molecular weight excluding hydrogens is 296 g/mol. The van der Waals surface area contributed by atoms with Gasteiger partial charge in [-0.05, 0) is 59.8 Å². The minimum absolute atomic E-state index is 0.0570. The Hall–Kier alpha value is -1.05. The van der Waals surface area contributed by atoms with Crippen LogP contribution in [0.3, 0.4) is 0 Å². The summed E-state index contributed by atoms with van der Waals surface area (Å²) in [6.45, 7) is 15.3. The summed E-state index contributed by atoms with van der Waals surface area (Å²) in [5.74, 6) is 1.97. The molecule has 0 N–H and O–H groups in total. The maximum Gasteiger partial charge on any atom is 0.302 e. The molecule has 2 heteroatoms. The van der Waals surface area contributed by atoms with E-state index in [-0.39, 0.29) is 12.1 Å². The van der Waals surface area contributed by atoms with Crippen LogP contribution < -0.4 is 0 Å². The van der Waals surface area contributed by atoms with Gasteiger partial charge in [0.1, 0.15) is 6.10 Å². The summed E-state index contributed by atoms with van der Waals surface area (Å²) in [6, 6.07) is 0. The highest BCUT2D eigenvalue weighted by Crippen LogP contribution is 2.64. The lowest BCUT2D eigenvalue weighted by molar-refractivity contribution is -0.182. The average molecular weight is 331 g/mol. The van der Waals surface area contributed by atoms with Gasteiger partial charge in [-0.2, -0.15) is 0 Å². The summed E-state index contributed by atoms with van der Waals surface area (Å²) in [6.07, 6.45) is 10.5. The molecule has 0 aliphatic heterocycles. The number of carbonyl (C=O) groups is 1. The summed E-state index contributed by atoms with van der Waals surface area (Å²) in [4.78, 5) is 11.8. The van der Waals surface area contributed by atoms with Gasteiger partial charge in [0, 0.05) is 12.8 Å². The maximum absolute atomic E-state index is 11.8. The third-order valence-electron chi connectivity index (χ3n) is 7.75. The average Bonchev–Trinajstić information content (AvgIpc) is 2.48. The van der Waals surface area contributed by atoms with Crippen LogP contribution in [0.25, 0.3) is 0 Å². The minimum Gasteiger partial charge on any atom is -0.462 e. The SMILES string of the molecule is C=CC1=CC[C@H]2[C@@H]([C@@H](OC(C)=O)C[C@H]3C(C)(C)CCC[C@]23C)[C@H]1C. The van der Waals surface area contributed by atoms with Crippen LogP contribution in [0, 0.1) is 34.5 Å². The van der Waals surface area contributed by atoms with E-state index in [1.54, 1.807) is 6.92 Å².